The average molecular weight is 265 g/mol. The Balaban J connectivity index is 2.10. The Kier molecular flexibility index (Phi) is 4.43. The lowest BCUT2D eigenvalue weighted by atomic mass is 10.3. The van der Waals surface area contributed by atoms with Crippen molar-refractivity contribution in [2.75, 3.05) is 6.54 Å². The second-order valence-corrected chi connectivity index (χ2v) is 5.66. The van der Waals surface area contributed by atoms with Crippen molar-refractivity contribution in [3.8, 4) is 0 Å². The smallest absolute Gasteiger partial charge is 0.165 e. The third-order valence-corrected chi connectivity index (χ3v) is 3.98. The summed E-state index contributed by atoms with van der Waals surface area (Å²) >= 11 is 1.79. The quantitative estimate of drug-likeness (QED) is 0.813. The molecule has 0 aromatic carbocycles. The van der Waals surface area contributed by atoms with E-state index in [1.165, 1.54) is 9.75 Å². The van der Waals surface area contributed by atoms with Crippen LogP contribution < -0.4 is 5.32 Å². The number of rotatable bonds is 6. The summed E-state index contributed by atoms with van der Waals surface area (Å²) in [5.74, 6) is 0.891. The van der Waals surface area contributed by atoms with E-state index in [9.17, 15) is 0 Å². The van der Waals surface area contributed by atoms with Crippen molar-refractivity contribution in [2.24, 2.45) is 0 Å². The molecule has 5 nitrogen and oxygen atoms in total. The Morgan fingerprint density at radius 3 is 2.94 bits per heavy atom. The molecule has 2 aromatic rings. The van der Waals surface area contributed by atoms with Crippen molar-refractivity contribution in [2.45, 2.75) is 39.8 Å². The predicted octanol–water partition coefficient (Wildman–Crippen LogP) is 2.15. The van der Waals surface area contributed by atoms with Crippen molar-refractivity contribution in [3.05, 3.63) is 27.7 Å². The molecule has 0 saturated heterocycles. The van der Waals surface area contributed by atoms with Crippen LogP contribution in [0, 0.1) is 6.92 Å². The molecular weight excluding hydrogens is 246 g/mol. The number of aromatic nitrogens is 4. The minimum absolute atomic E-state index is 0.192. The topological polar surface area (TPSA) is 55.6 Å². The first-order valence-electron chi connectivity index (χ1n) is 6.26. The zero-order valence-electron chi connectivity index (χ0n) is 11.1. The van der Waals surface area contributed by atoms with Crippen molar-refractivity contribution < 1.29 is 0 Å². The van der Waals surface area contributed by atoms with Crippen LogP contribution in [0.2, 0.25) is 0 Å². The zero-order valence-corrected chi connectivity index (χ0v) is 11.9. The van der Waals surface area contributed by atoms with Gasteiger partial charge in [0.1, 0.15) is 0 Å². The molecule has 0 aliphatic carbocycles. The maximum atomic E-state index is 4.10. The van der Waals surface area contributed by atoms with Gasteiger partial charge in [-0.1, -0.05) is 6.92 Å². The summed E-state index contributed by atoms with van der Waals surface area (Å²) in [5.41, 5.74) is 0. The number of tetrazole rings is 1. The Labute approximate surface area is 111 Å². The van der Waals surface area contributed by atoms with E-state index >= 15 is 0 Å². The molecule has 18 heavy (non-hydrogen) atoms. The predicted molar refractivity (Wildman–Crippen MR) is 72.7 cm³/mol. The zero-order chi connectivity index (χ0) is 13.0. The maximum Gasteiger partial charge on any atom is 0.165 e. The Morgan fingerprint density at radius 2 is 2.28 bits per heavy atom. The normalized spacial score (nSPS) is 12.8. The summed E-state index contributed by atoms with van der Waals surface area (Å²) in [4.78, 5) is 2.60. The number of hydrogen-bond acceptors (Lipinski definition) is 5. The third-order valence-electron chi connectivity index (χ3n) is 2.81. The highest BCUT2D eigenvalue weighted by atomic mass is 32.1. The SMILES string of the molecule is CCCNCc1nnnn1C(C)c1ccc(C)s1. The fourth-order valence-corrected chi connectivity index (χ4v) is 2.72. The van der Waals surface area contributed by atoms with E-state index in [0.717, 1.165) is 25.3 Å². The molecule has 0 fully saturated rings. The number of nitrogens with one attached hydrogen (secondary N) is 1. The third kappa shape index (κ3) is 2.94. The highest BCUT2D eigenvalue weighted by Gasteiger charge is 2.15. The lowest BCUT2D eigenvalue weighted by molar-refractivity contribution is 0.510. The molecule has 0 amide bonds. The van der Waals surface area contributed by atoms with Gasteiger partial charge in [0.15, 0.2) is 5.82 Å². The standard InChI is InChI=1S/C12H19N5S/c1-4-7-13-8-12-14-15-16-17(12)10(3)11-6-5-9(2)18-11/h5-6,10,13H,4,7-8H2,1-3H3. The van der Waals surface area contributed by atoms with E-state index < -0.39 is 0 Å². The van der Waals surface area contributed by atoms with Gasteiger partial charge in [-0.05, 0) is 49.4 Å². The van der Waals surface area contributed by atoms with Crippen LogP contribution in [0.1, 0.15) is 41.9 Å². The summed E-state index contributed by atoms with van der Waals surface area (Å²) < 4.78 is 1.90. The molecule has 98 valence electrons. The van der Waals surface area contributed by atoms with Crippen LogP contribution in [-0.2, 0) is 6.54 Å². The van der Waals surface area contributed by atoms with Crippen molar-refractivity contribution >= 4 is 11.3 Å². The molecule has 0 aliphatic rings. The minimum atomic E-state index is 0.192. The number of nitrogens with zero attached hydrogens (tertiary/aromatic N) is 4. The molecule has 1 unspecified atom stereocenters. The Morgan fingerprint density at radius 1 is 1.44 bits per heavy atom. The summed E-state index contributed by atoms with van der Waals surface area (Å²) in [6, 6.07) is 4.47. The molecule has 0 bridgehead atoms. The van der Waals surface area contributed by atoms with Crippen LogP contribution in [0.3, 0.4) is 0 Å². The summed E-state index contributed by atoms with van der Waals surface area (Å²) in [5, 5.41) is 15.3. The molecule has 0 spiro atoms. The van der Waals surface area contributed by atoms with Gasteiger partial charge in [-0.25, -0.2) is 4.68 Å². The molecule has 6 heteroatoms. The van der Waals surface area contributed by atoms with Gasteiger partial charge in [0.05, 0.1) is 12.6 Å². The number of thiophene rings is 1. The lowest BCUT2D eigenvalue weighted by Gasteiger charge is -2.11. The molecule has 1 atom stereocenters. The van der Waals surface area contributed by atoms with Crippen LogP contribution in [-0.4, -0.2) is 26.8 Å². The van der Waals surface area contributed by atoms with E-state index in [0.29, 0.717) is 0 Å². The molecule has 2 rings (SSSR count). The Hall–Kier alpha value is -1.27. The molecule has 0 aliphatic heterocycles. The van der Waals surface area contributed by atoms with Gasteiger partial charge in [-0.2, -0.15) is 0 Å². The van der Waals surface area contributed by atoms with Crippen LogP contribution >= 0.6 is 11.3 Å². The van der Waals surface area contributed by atoms with Crippen LogP contribution in [0.4, 0.5) is 0 Å². The van der Waals surface area contributed by atoms with Gasteiger partial charge < -0.3 is 5.32 Å². The minimum Gasteiger partial charge on any atom is -0.310 e. The Bertz CT molecular complexity index is 490. The second kappa shape index (κ2) is 6.06. The second-order valence-electron chi connectivity index (χ2n) is 4.34. The summed E-state index contributed by atoms with van der Waals surface area (Å²) in [6.07, 6.45) is 1.11. The first kappa shape index (κ1) is 13.2. The van der Waals surface area contributed by atoms with Crippen LogP contribution in [0.15, 0.2) is 12.1 Å². The average Bonchev–Trinajstić information content (AvgIpc) is 2.97. The summed E-state index contributed by atoms with van der Waals surface area (Å²) in [6.45, 7) is 8.09. The maximum absolute atomic E-state index is 4.10. The number of hydrogen-bond donors (Lipinski definition) is 1. The van der Waals surface area contributed by atoms with Gasteiger partial charge in [-0.15, -0.1) is 16.4 Å². The van der Waals surface area contributed by atoms with Crippen LogP contribution in [0.25, 0.3) is 0 Å². The van der Waals surface area contributed by atoms with Gasteiger partial charge in [0.2, 0.25) is 0 Å². The van der Waals surface area contributed by atoms with E-state index in [4.69, 9.17) is 0 Å². The highest BCUT2D eigenvalue weighted by molar-refractivity contribution is 7.12. The molecule has 0 saturated carbocycles. The molecular formula is C12H19N5S. The first-order chi connectivity index (χ1) is 8.72. The monoisotopic (exact) mass is 265 g/mol. The number of aryl methyl sites for hydroxylation is 1. The highest BCUT2D eigenvalue weighted by Crippen LogP contribution is 2.25. The van der Waals surface area contributed by atoms with Gasteiger partial charge >= 0.3 is 0 Å². The van der Waals surface area contributed by atoms with Gasteiger partial charge in [-0.3, -0.25) is 0 Å². The summed E-state index contributed by atoms with van der Waals surface area (Å²) in [7, 11) is 0. The van der Waals surface area contributed by atoms with Gasteiger partial charge in [0, 0.05) is 9.75 Å². The van der Waals surface area contributed by atoms with E-state index in [-0.39, 0.29) is 6.04 Å². The van der Waals surface area contributed by atoms with Crippen molar-refractivity contribution in [1.29, 1.82) is 0 Å². The molecule has 1 N–H and O–H groups in total. The molecule has 2 heterocycles. The fourth-order valence-electron chi connectivity index (χ4n) is 1.80. The van der Waals surface area contributed by atoms with E-state index in [1.54, 1.807) is 11.3 Å². The van der Waals surface area contributed by atoms with Crippen LogP contribution in [0.5, 0.6) is 0 Å². The van der Waals surface area contributed by atoms with Crippen molar-refractivity contribution in [3.63, 3.8) is 0 Å². The first-order valence-corrected chi connectivity index (χ1v) is 7.07. The van der Waals surface area contributed by atoms with Crippen molar-refractivity contribution in [1.82, 2.24) is 25.5 Å². The lowest BCUT2D eigenvalue weighted by Crippen LogP contribution is -2.20. The molecule has 2 aromatic heterocycles. The largest absolute Gasteiger partial charge is 0.310 e. The van der Waals surface area contributed by atoms with Gasteiger partial charge in [0.25, 0.3) is 0 Å². The van der Waals surface area contributed by atoms with E-state index in [1.807, 2.05) is 4.68 Å². The fraction of sp³-hybridized carbons (Fsp3) is 0.583. The van der Waals surface area contributed by atoms with E-state index in [2.05, 4.69) is 53.7 Å². The molecule has 0 radical (unpaired) electrons.